The van der Waals surface area contributed by atoms with Crippen LogP contribution in [0.15, 0.2) is 10.9 Å². The van der Waals surface area contributed by atoms with Crippen molar-refractivity contribution in [3.63, 3.8) is 0 Å². The number of aromatic hydroxyl groups is 1. The molecule has 0 unspecified atom stereocenters. The van der Waals surface area contributed by atoms with Gasteiger partial charge in [-0.05, 0) is 31.8 Å². The molecule has 2 heterocycles. The van der Waals surface area contributed by atoms with E-state index in [2.05, 4.69) is 10.4 Å². The van der Waals surface area contributed by atoms with Gasteiger partial charge >= 0.3 is 0 Å². The van der Waals surface area contributed by atoms with Crippen LogP contribution < -0.4 is 10.9 Å². The van der Waals surface area contributed by atoms with Crippen molar-refractivity contribution in [1.29, 1.82) is 5.26 Å². The zero-order valence-corrected chi connectivity index (χ0v) is 18.8. The van der Waals surface area contributed by atoms with Crippen molar-refractivity contribution in [3.8, 4) is 11.9 Å². The summed E-state index contributed by atoms with van der Waals surface area (Å²) >= 11 is 0. The molecule has 170 valence electrons. The Hall–Kier alpha value is -3.61. The molecule has 0 saturated heterocycles. The molecule has 0 aliphatic heterocycles. The van der Waals surface area contributed by atoms with Crippen LogP contribution in [0.5, 0.6) is 5.88 Å². The molecule has 0 spiro atoms. The molecule has 2 aromatic heterocycles. The molecule has 2 aromatic rings. The Morgan fingerprint density at radius 2 is 2.09 bits per heavy atom. The largest absolute Gasteiger partial charge is 0.494 e. The molecule has 10 heteroatoms. The summed E-state index contributed by atoms with van der Waals surface area (Å²) in [4.78, 5) is 39.6. The van der Waals surface area contributed by atoms with Crippen LogP contribution in [0.2, 0.25) is 0 Å². The number of nitrogens with zero attached hydrogens (tertiary/aromatic N) is 5. The molecule has 3 rings (SSSR count). The molecule has 0 atom stereocenters. The van der Waals surface area contributed by atoms with E-state index >= 15 is 0 Å². The smallest absolute Gasteiger partial charge is 0.291 e. The Balaban J connectivity index is 2.13. The van der Waals surface area contributed by atoms with Crippen LogP contribution in [0.1, 0.15) is 54.7 Å². The third-order valence-electron chi connectivity index (χ3n) is 5.24. The number of nitrogens with one attached hydrogen (secondary N) is 1. The van der Waals surface area contributed by atoms with Gasteiger partial charge in [-0.15, -0.1) is 0 Å². The monoisotopic (exact) mass is 440 g/mol. The summed E-state index contributed by atoms with van der Waals surface area (Å²) in [6.07, 6.45) is 4.81. The van der Waals surface area contributed by atoms with Crippen LogP contribution in [-0.2, 0) is 11.3 Å². The molecule has 0 aromatic carbocycles. The van der Waals surface area contributed by atoms with E-state index < -0.39 is 17.3 Å². The van der Waals surface area contributed by atoms with E-state index in [1.165, 1.54) is 15.5 Å². The van der Waals surface area contributed by atoms with Crippen LogP contribution >= 0.6 is 0 Å². The number of fused-ring (bicyclic) bond motifs is 1. The first-order valence-electron chi connectivity index (χ1n) is 10.6. The summed E-state index contributed by atoms with van der Waals surface area (Å²) in [6.45, 7) is 6.22. The van der Waals surface area contributed by atoms with Gasteiger partial charge in [0.25, 0.3) is 11.5 Å². The van der Waals surface area contributed by atoms with Crippen LogP contribution in [0, 0.1) is 24.2 Å². The van der Waals surface area contributed by atoms with Crippen LogP contribution in [0.25, 0.3) is 11.7 Å². The van der Waals surface area contributed by atoms with E-state index in [0.717, 1.165) is 17.4 Å². The summed E-state index contributed by atoms with van der Waals surface area (Å²) in [5.74, 6) is -1.24. The summed E-state index contributed by atoms with van der Waals surface area (Å²) in [6, 6.07) is 2.02. The first-order valence-corrected chi connectivity index (χ1v) is 10.6. The van der Waals surface area contributed by atoms with Crippen molar-refractivity contribution in [3.05, 3.63) is 33.3 Å². The lowest BCUT2D eigenvalue weighted by Crippen LogP contribution is -2.34. The second-order valence-electron chi connectivity index (χ2n) is 8.49. The Labute approximate surface area is 185 Å². The molecular weight excluding hydrogens is 412 g/mol. The van der Waals surface area contributed by atoms with Gasteiger partial charge in [-0.1, -0.05) is 13.8 Å². The summed E-state index contributed by atoms with van der Waals surface area (Å²) in [5, 5.41) is 26.7. The second-order valence-corrected chi connectivity index (χ2v) is 8.49. The minimum absolute atomic E-state index is 0.0254. The lowest BCUT2D eigenvalue weighted by Gasteiger charge is -2.17. The number of aromatic nitrogens is 3. The van der Waals surface area contributed by atoms with Gasteiger partial charge in [0.2, 0.25) is 11.8 Å². The number of carbonyl (C=O) groups excluding carboxylic acids is 2. The molecule has 0 radical (unpaired) electrons. The Morgan fingerprint density at radius 1 is 1.41 bits per heavy atom. The predicted molar refractivity (Wildman–Crippen MR) is 118 cm³/mol. The number of amides is 2. The average molecular weight is 441 g/mol. The summed E-state index contributed by atoms with van der Waals surface area (Å²) in [7, 11) is 1.60. The number of hydrogen-bond donors (Lipinski definition) is 2. The van der Waals surface area contributed by atoms with E-state index in [1.54, 1.807) is 20.0 Å². The van der Waals surface area contributed by atoms with E-state index in [4.69, 9.17) is 5.26 Å². The zero-order chi connectivity index (χ0) is 23.6. The van der Waals surface area contributed by atoms with Crippen molar-refractivity contribution in [2.45, 2.75) is 52.6 Å². The van der Waals surface area contributed by atoms with Crippen LogP contribution in [0.4, 0.5) is 0 Å². The van der Waals surface area contributed by atoms with E-state index in [9.17, 15) is 19.5 Å². The number of rotatable bonds is 8. The van der Waals surface area contributed by atoms with Crippen LogP contribution in [-0.4, -0.2) is 55.6 Å². The molecule has 10 nitrogen and oxygen atoms in total. The van der Waals surface area contributed by atoms with Gasteiger partial charge in [-0.25, -0.2) is 0 Å². The minimum atomic E-state index is -0.712. The fourth-order valence-corrected chi connectivity index (χ4v) is 3.39. The lowest BCUT2D eigenvalue weighted by molar-refractivity contribution is -0.124. The summed E-state index contributed by atoms with van der Waals surface area (Å²) < 4.78 is 2.61. The Kier molecular flexibility index (Phi) is 6.67. The number of carbonyl (C=O) groups is 2. The molecule has 2 amide bonds. The maximum Gasteiger partial charge on any atom is 0.291 e. The van der Waals surface area contributed by atoms with Crippen LogP contribution in [0.3, 0.4) is 0 Å². The molecule has 1 saturated carbocycles. The molecular formula is C22H28N6O4. The summed E-state index contributed by atoms with van der Waals surface area (Å²) in [5.41, 5.74) is 0.230. The topological polar surface area (TPSA) is 133 Å². The van der Waals surface area contributed by atoms with Gasteiger partial charge in [0.1, 0.15) is 5.65 Å². The van der Waals surface area contributed by atoms with Gasteiger partial charge < -0.3 is 15.3 Å². The SMILES string of the molecule is Cc1nn2c(=O)c(C(=O)NC3CC3)c(O)n(CC(C)C)c2c1/C=C/C(=O)N(C)CCC#N. The number of likely N-dealkylation sites (N-methyl/N-ethyl adjacent to an activating group) is 1. The molecule has 0 bridgehead atoms. The third kappa shape index (κ3) is 4.66. The highest BCUT2D eigenvalue weighted by Gasteiger charge is 2.30. The normalized spacial score (nSPS) is 13.6. The quantitative estimate of drug-likeness (QED) is 0.597. The van der Waals surface area contributed by atoms with E-state index in [-0.39, 0.29) is 29.9 Å². The van der Waals surface area contributed by atoms with E-state index in [0.29, 0.717) is 30.0 Å². The zero-order valence-electron chi connectivity index (χ0n) is 18.8. The second kappa shape index (κ2) is 9.26. The number of nitriles is 1. The molecule has 1 fully saturated rings. The van der Waals surface area contributed by atoms with Gasteiger partial charge in [0.15, 0.2) is 5.56 Å². The fourth-order valence-electron chi connectivity index (χ4n) is 3.39. The number of aryl methyl sites for hydroxylation is 1. The maximum absolute atomic E-state index is 13.1. The predicted octanol–water partition coefficient (Wildman–Crippen LogP) is 1.44. The highest BCUT2D eigenvalue weighted by atomic mass is 16.3. The Morgan fingerprint density at radius 3 is 2.69 bits per heavy atom. The lowest BCUT2D eigenvalue weighted by atomic mass is 10.1. The average Bonchev–Trinajstić information content (AvgIpc) is 3.48. The van der Waals surface area contributed by atoms with Crippen molar-refractivity contribution in [2.24, 2.45) is 5.92 Å². The van der Waals surface area contributed by atoms with Gasteiger partial charge in [0, 0.05) is 37.8 Å². The highest BCUT2D eigenvalue weighted by Crippen LogP contribution is 2.26. The third-order valence-corrected chi connectivity index (χ3v) is 5.24. The standard InChI is InChI=1S/C22H28N6O4/c1-13(2)12-27-20-16(8-9-17(29)26(4)11-5-10-23)14(3)25-28(20)22(32)18(21(27)31)19(30)24-15-6-7-15/h8-9,13,15,31H,5-7,11-12H2,1-4H3,(H,24,30)/b9-8+. The van der Waals surface area contributed by atoms with Crippen molar-refractivity contribution >= 4 is 23.5 Å². The Bertz CT molecular complexity index is 1180. The fraction of sp³-hybridized carbons (Fsp3) is 0.500. The number of hydrogen-bond acceptors (Lipinski definition) is 6. The molecule has 1 aliphatic rings. The first-order chi connectivity index (χ1) is 15.1. The van der Waals surface area contributed by atoms with Gasteiger partial charge in [-0.3, -0.25) is 19.0 Å². The van der Waals surface area contributed by atoms with Crippen molar-refractivity contribution in [1.82, 2.24) is 24.4 Å². The van der Waals surface area contributed by atoms with Crippen molar-refractivity contribution < 1.29 is 14.7 Å². The van der Waals surface area contributed by atoms with Gasteiger partial charge in [0.05, 0.1) is 18.2 Å². The molecule has 2 N–H and O–H groups in total. The van der Waals surface area contributed by atoms with E-state index in [1.807, 2.05) is 19.9 Å². The molecule has 32 heavy (non-hydrogen) atoms. The maximum atomic E-state index is 13.1. The highest BCUT2D eigenvalue weighted by molar-refractivity contribution is 5.97. The molecule has 1 aliphatic carbocycles. The van der Waals surface area contributed by atoms with Crippen molar-refractivity contribution in [2.75, 3.05) is 13.6 Å². The van der Waals surface area contributed by atoms with Gasteiger partial charge in [-0.2, -0.15) is 14.9 Å². The first kappa shape index (κ1) is 23.1. The minimum Gasteiger partial charge on any atom is -0.494 e.